The maximum absolute atomic E-state index is 5.71. The van der Waals surface area contributed by atoms with E-state index in [0.29, 0.717) is 4.58 Å². The summed E-state index contributed by atoms with van der Waals surface area (Å²) in [7, 11) is 0. The number of rotatable bonds is 5. The van der Waals surface area contributed by atoms with E-state index in [1.165, 1.54) is 21.8 Å². The van der Waals surface area contributed by atoms with E-state index in [2.05, 4.69) is 55.5 Å². The van der Waals surface area contributed by atoms with Gasteiger partial charge < -0.3 is 4.74 Å². The van der Waals surface area contributed by atoms with E-state index < -0.39 is 0 Å². The molecular weight excluding hydrogens is 284 g/mol. The molecule has 1 aliphatic rings. The van der Waals surface area contributed by atoms with Crippen LogP contribution < -0.4 is 4.74 Å². The smallest absolute Gasteiger partial charge is 0.119 e. The minimum absolute atomic E-state index is 0.470. The Labute approximate surface area is 129 Å². The molecule has 104 valence electrons. The third-order valence-corrected chi connectivity index (χ3v) is 6.13. The van der Waals surface area contributed by atoms with E-state index in [9.17, 15) is 0 Å². The van der Waals surface area contributed by atoms with Crippen molar-refractivity contribution in [2.75, 3.05) is 6.61 Å². The molecule has 0 spiro atoms. The van der Waals surface area contributed by atoms with Gasteiger partial charge in [-0.15, -0.1) is 23.5 Å². The highest BCUT2D eigenvalue weighted by Crippen LogP contribution is 2.56. The second kappa shape index (κ2) is 6.59. The van der Waals surface area contributed by atoms with Crippen molar-refractivity contribution >= 4 is 23.5 Å². The molecule has 0 fully saturated rings. The molecule has 2 aromatic rings. The number of hydrogen-bond acceptors (Lipinski definition) is 3. The summed E-state index contributed by atoms with van der Waals surface area (Å²) >= 11 is 3.88. The molecule has 0 saturated heterocycles. The van der Waals surface area contributed by atoms with Crippen LogP contribution in [0, 0.1) is 0 Å². The Morgan fingerprint density at radius 2 is 1.60 bits per heavy atom. The largest absolute Gasteiger partial charge is 0.494 e. The lowest BCUT2D eigenvalue weighted by atomic mass is 10.2. The third kappa shape index (κ3) is 3.15. The summed E-state index contributed by atoms with van der Waals surface area (Å²) < 4.78 is 6.18. The predicted molar refractivity (Wildman–Crippen MR) is 87.7 cm³/mol. The summed E-state index contributed by atoms with van der Waals surface area (Å²) in [5.74, 6) is 0.979. The maximum Gasteiger partial charge on any atom is 0.119 e. The Kier molecular flexibility index (Phi) is 4.58. The van der Waals surface area contributed by atoms with E-state index in [1.807, 2.05) is 23.5 Å². The molecule has 0 bridgehead atoms. The van der Waals surface area contributed by atoms with Gasteiger partial charge in [0.2, 0.25) is 0 Å². The number of ether oxygens (including phenoxy) is 1. The molecule has 0 amide bonds. The zero-order chi connectivity index (χ0) is 13.8. The predicted octanol–water partition coefficient (Wildman–Crippen LogP) is 5.76. The van der Waals surface area contributed by atoms with Crippen molar-refractivity contribution in [3.63, 3.8) is 0 Å². The summed E-state index contributed by atoms with van der Waals surface area (Å²) in [6.07, 6.45) is 2.29. The van der Waals surface area contributed by atoms with Crippen LogP contribution in [0.5, 0.6) is 5.75 Å². The fourth-order valence-electron chi connectivity index (χ4n) is 2.09. The Bertz CT molecular complexity index is 540. The second-order valence-corrected chi connectivity index (χ2v) is 7.38. The zero-order valence-corrected chi connectivity index (χ0v) is 13.2. The van der Waals surface area contributed by atoms with Crippen molar-refractivity contribution in [2.24, 2.45) is 0 Å². The van der Waals surface area contributed by atoms with Crippen LogP contribution in [0.25, 0.3) is 0 Å². The third-order valence-electron chi connectivity index (χ3n) is 3.24. The number of unbranched alkanes of at least 4 members (excludes halogenated alkanes) is 1. The van der Waals surface area contributed by atoms with Crippen LogP contribution in [-0.2, 0) is 0 Å². The average molecular weight is 302 g/mol. The maximum atomic E-state index is 5.71. The van der Waals surface area contributed by atoms with Crippen LogP contribution in [0.1, 0.15) is 29.9 Å². The molecule has 0 radical (unpaired) electrons. The topological polar surface area (TPSA) is 9.23 Å². The Balaban J connectivity index is 1.65. The van der Waals surface area contributed by atoms with Gasteiger partial charge in [0.05, 0.1) is 11.2 Å². The van der Waals surface area contributed by atoms with Gasteiger partial charge in [-0.2, -0.15) is 0 Å². The van der Waals surface area contributed by atoms with Gasteiger partial charge in [0, 0.05) is 9.79 Å². The lowest BCUT2D eigenvalue weighted by molar-refractivity contribution is 0.309. The average Bonchev–Trinajstić information content (AvgIpc) is 2.92. The van der Waals surface area contributed by atoms with E-state index >= 15 is 0 Å². The summed E-state index contributed by atoms with van der Waals surface area (Å²) in [6, 6.07) is 17.2. The van der Waals surface area contributed by atoms with Crippen LogP contribution in [0.15, 0.2) is 58.3 Å². The summed E-state index contributed by atoms with van der Waals surface area (Å²) in [5, 5.41) is 0. The monoisotopic (exact) mass is 302 g/mol. The van der Waals surface area contributed by atoms with Crippen LogP contribution in [0.4, 0.5) is 0 Å². The summed E-state index contributed by atoms with van der Waals surface area (Å²) in [6.45, 7) is 2.99. The zero-order valence-electron chi connectivity index (χ0n) is 11.5. The molecule has 0 N–H and O–H groups in total. The highest BCUT2D eigenvalue weighted by molar-refractivity contribution is 8.18. The fraction of sp³-hybridized carbons (Fsp3) is 0.294. The fourth-order valence-corrected chi connectivity index (χ4v) is 4.92. The number of hydrogen-bond donors (Lipinski definition) is 0. The summed E-state index contributed by atoms with van der Waals surface area (Å²) in [4.78, 5) is 2.79. The lowest BCUT2D eigenvalue weighted by Gasteiger charge is -2.10. The molecule has 3 rings (SSSR count). The van der Waals surface area contributed by atoms with Crippen LogP contribution in [0.2, 0.25) is 0 Å². The molecule has 1 heterocycles. The van der Waals surface area contributed by atoms with Gasteiger partial charge >= 0.3 is 0 Å². The molecule has 3 heteroatoms. The first kappa shape index (κ1) is 13.9. The van der Waals surface area contributed by atoms with Crippen molar-refractivity contribution < 1.29 is 4.74 Å². The van der Waals surface area contributed by atoms with Gasteiger partial charge in [-0.1, -0.05) is 37.6 Å². The molecule has 0 aliphatic carbocycles. The SMILES string of the molecule is CCCCOc1ccc(C2Sc3ccccc3S2)cc1. The quantitative estimate of drug-likeness (QED) is 0.650. The normalized spacial score (nSPS) is 14.2. The number of fused-ring (bicyclic) bond motifs is 1. The van der Waals surface area contributed by atoms with Gasteiger partial charge in [0.15, 0.2) is 0 Å². The minimum Gasteiger partial charge on any atom is -0.494 e. The first-order valence-corrected chi connectivity index (χ1v) is 8.78. The molecule has 0 saturated carbocycles. The summed E-state index contributed by atoms with van der Waals surface area (Å²) in [5.41, 5.74) is 1.36. The van der Waals surface area contributed by atoms with E-state index in [1.54, 1.807) is 0 Å². The molecule has 2 aromatic carbocycles. The van der Waals surface area contributed by atoms with Gasteiger partial charge in [0.25, 0.3) is 0 Å². The molecule has 0 aromatic heterocycles. The lowest BCUT2D eigenvalue weighted by Crippen LogP contribution is -1.96. The standard InChI is InChI=1S/C17H18OS2/c1-2-3-12-18-14-10-8-13(9-11-14)17-19-15-6-4-5-7-16(15)20-17/h4-11,17H,2-3,12H2,1H3. The van der Waals surface area contributed by atoms with E-state index in [-0.39, 0.29) is 0 Å². The van der Waals surface area contributed by atoms with Crippen molar-refractivity contribution in [2.45, 2.75) is 34.1 Å². The molecule has 1 aliphatic heterocycles. The highest BCUT2D eigenvalue weighted by Gasteiger charge is 2.23. The van der Waals surface area contributed by atoms with Gasteiger partial charge in [-0.05, 0) is 36.2 Å². The minimum atomic E-state index is 0.470. The van der Waals surface area contributed by atoms with Crippen LogP contribution in [-0.4, -0.2) is 6.61 Å². The molecule has 0 atom stereocenters. The van der Waals surface area contributed by atoms with E-state index in [4.69, 9.17) is 4.74 Å². The van der Waals surface area contributed by atoms with Crippen molar-refractivity contribution in [3.8, 4) is 5.75 Å². The van der Waals surface area contributed by atoms with Crippen LogP contribution >= 0.6 is 23.5 Å². The molecular formula is C17H18OS2. The van der Waals surface area contributed by atoms with Crippen molar-refractivity contribution in [3.05, 3.63) is 54.1 Å². The van der Waals surface area contributed by atoms with Gasteiger partial charge in [0.1, 0.15) is 5.75 Å². The molecule has 1 nitrogen and oxygen atoms in total. The Morgan fingerprint density at radius 1 is 0.950 bits per heavy atom. The first-order valence-electron chi connectivity index (χ1n) is 7.02. The van der Waals surface area contributed by atoms with Gasteiger partial charge in [-0.25, -0.2) is 0 Å². The Hall–Kier alpha value is -1.06. The van der Waals surface area contributed by atoms with Gasteiger partial charge in [-0.3, -0.25) is 0 Å². The van der Waals surface area contributed by atoms with Crippen LogP contribution in [0.3, 0.4) is 0 Å². The Morgan fingerprint density at radius 3 is 2.20 bits per heavy atom. The first-order chi connectivity index (χ1) is 9.86. The molecule has 0 unspecified atom stereocenters. The van der Waals surface area contributed by atoms with Crippen molar-refractivity contribution in [1.29, 1.82) is 0 Å². The highest BCUT2D eigenvalue weighted by atomic mass is 32.2. The molecule has 20 heavy (non-hydrogen) atoms. The number of thioether (sulfide) groups is 2. The van der Waals surface area contributed by atoms with Crippen molar-refractivity contribution in [1.82, 2.24) is 0 Å². The number of benzene rings is 2. The van der Waals surface area contributed by atoms with E-state index in [0.717, 1.165) is 18.8 Å². The second-order valence-electron chi connectivity index (χ2n) is 4.79.